The predicted molar refractivity (Wildman–Crippen MR) is 79.3 cm³/mol. The highest BCUT2D eigenvalue weighted by Gasteiger charge is 2.12. The molecule has 0 radical (unpaired) electrons. The fraction of sp³-hybridized carbons (Fsp3) is 0.571. The number of nitrogens with one attached hydrogen (secondary N) is 1. The number of ether oxygens (including phenoxy) is 2. The van der Waals surface area contributed by atoms with Crippen LogP contribution < -0.4 is 14.8 Å². The zero-order chi connectivity index (χ0) is 14.3. The van der Waals surface area contributed by atoms with Gasteiger partial charge in [0.05, 0.1) is 20.8 Å². The molecule has 0 spiro atoms. The summed E-state index contributed by atoms with van der Waals surface area (Å²) in [5.41, 5.74) is 1.15. The Bertz CT molecular complexity index is 395. The van der Waals surface area contributed by atoms with Crippen molar-refractivity contribution in [2.75, 3.05) is 27.1 Å². The lowest BCUT2D eigenvalue weighted by molar-refractivity contribution is 0.238. The van der Waals surface area contributed by atoms with Crippen LogP contribution in [0.5, 0.6) is 11.5 Å². The van der Waals surface area contributed by atoms with E-state index in [0.717, 1.165) is 28.4 Å². The van der Waals surface area contributed by atoms with Crippen molar-refractivity contribution in [3.05, 3.63) is 17.7 Å². The zero-order valence-corrected chi connectivity index (χ0v) is 12.8. The molecule has 108 valence electrons. The van der Waals surface area contributed by atoms with Gasteiger partial charge in [0.15, 0.2) is 11.5 Å². The Kier molecular flexibility index (Phi) is 7.05. The molecule has 1 aromatic carbocycles. The standard InChI is InChI=1S/C14H23NO3S/c1-5-11(9-16)15-8-10-6-12(17-2)13(18-3)7-14(10)19-4/h6-7,11,15-16H,5,8-9H2,1-4H3/t11-/m1/s1. The number of thioether (sulfide) groups is 1. The van der Waals surface area contributed by atoms with Gasteiger partial charge in [0.1, 0.15) is 0 Å². The summed E-state index contributed by atoms with van der Waals surface area (Å²) in [4.78, 5) is 1.15. The summed E-state index contributed by atoms with van der Waals surface area (Å²) in [5.74, 6) is 1.47. The lowest BCUT2D eigenvalue weighted by Crippen LogP contribution is -2.31. The van der Waals surface area contributed by atoms with Crippen LogP contribution in [0.3, 0.4) is 0 Å². The number of hydrogen-bond acceptors (Lipinski definition) is 5. The second-order valence-corrected chi connectivity index (χ2v) is 5.04. The molecule has 0 heterocycles. The van der Waals surface area contributed by atoms with Crippen molar-refractivity contribution >= 4 is 11.8 Å². The van der Waals surface area contributed by atoms with Crippen LogP contribution >= 0.6 is 11.8 Å². The first kappa shape index (κ1) is 16.1. The molecule has 0 aliphatic carbocycles. The molecule has 0 unspecified atom stereocenters. The van der Waals surface area contributed by atoms with E-state index in [9.17, 15) is 5.11 Å². The van der Waals surface area contributed by atoms with Gasteiger partial charge in [-0.2, -0.15) is 0 Å². The first-order chi connectivity index (χ1) is 9.19. The molecule has 4 nitrogen and oxygen atoms in total. The lowest BCUT2D eigenvalue weighted by Gasteiger charge is -2.17. The van der Waals surface area contributed by atoms with Crippen molar-refractivity contribution in [1.29, 1.82) is 0 Å². The Morgan fingerprint density at radius 3 is 2.37 bits per heavy atom. The maximum absolute atomic E-state index is 9.20. The normalized spacial score (nSPS) is 12.3. The van der Waals surface area contributed by atoms with E-state index in [0.29, 0.717) is 6.54 Å². The zero-order valence-electron chi connectivity index (χ0n) is 12.0. The quantitative estimate of drug-likeness (QED) is 0.718. The summed E-state index contributed by atoms with van der Waals surface area (Å²) in [5, 5.41) is 12.5. The van der Waals surface area contributed by atoms with E-state index in [1.807, 2.05) is 18.4 Å². The fourth-order valence-corrected chi connectivity index (χ4v) is 2.44. The second-order valence-electron chi connectivity index (χ2n) is 4.19. The lowest BCUT2D eigenvalue weighted by atomic mass is 10.1. The van der Waals surface area contributed by atoms with Gasteiger partial charge in [-0.15, -0.1) is 11.8 Å². The van der Waals surface area contributed by atoms with E-state index in [1.165, 1.54) is 0 Å². The highest BCUT2D eigenvalue weighted by Crippen LogP contribution is 2.34. The molecule has 1 atom stereocenters. The van der Waals surface area contributed by atoms with Crippen molar-refractivity contribution in [3.63, 3.8) is 0 Å². The Hall–Kier alpha value is -0.910. The molecule has 0 aliphatic rings. The maximum atomic E-state index is 9.20. The number of aliphatic hydroxyl groups excluding tert-OH is 1. The molecule has 0 aromatic heterocycles. The molecule has 1 aromatic rings. The summed E-state index contributed by atoms with van der Waals surface area (Å²) in [6.45, 7) is 2.91. The Morgan fingerprint density at radius 1 is 1.26 bits per heavy atom. The van der Waals surface area contributed by atoms with Gasteiger partial charge < -0.3 is 19.9 Å². The SMILES string of the molecule is CC[C@H](CO)NCc1cc(OC)c(OC)cc1SC. The fourth-order valence-electron chi connectivity index (χ4n) is 1.82. The minimum atomic E-state index is 0.128. The number of hydrogen-bond donors (Lipinski definition) is 2. The summed E-state index contributed by atoms with van der Waals surface area (Å²) in [6.07, 6.45) is 2.94. The van der Waals surface area contributed by atoms with Crippen LogP contribution in [-0.2, 0) is 6.54 Å². The monoisotopic (exact) mass is 285 g/mol. The third-order valence-electron chi connectivity index (χ3n) is 3.08. The average Bonchev–Trinajstić information content (AvgIpc) is 2.47. The number of rotatable bonds is 8. The van der Waals surface area contributed by atoms with Gasteiger partial charge in [0.25, 0.3) is 0 Å². The van der Waals surface area contributed by atoms with Gasteiger partial charge in [-0.25, -0.2) is 0 Å². The van der Waals surface area contributed by atoms with E-state index in [4.69, 9.17) is 9.47 Å². The summed E-state index contributed by atoms with van der Waals surface area (Å²) >= 11 is 1.67. The molecule has 0 amide bonds. The minimum absolute atomic E-state index is 0.128. The van der Waals surface area contributed by atoms with Crippen LogP contribution in [0.15, 0.2) is 17.0 Å². The third-order valence-corrected chi connectivity index (χ3v) is 3.90. The molecule has 2 N–H and O–H groups in total. The van der Waals surface area contributed by atoms with Crippen LogP contribution in [0.2, 0.25) is 0 Å². The van der Waals surface area contributed by atoms with E-state index in [1.54, 1.807) is 26.0 Å². The van der Waals surface area contributed by atoms with Crippen LogP contribution in [0.1, 0.15) is 18.9 Å². The van der Waals surface area contributed by atoms with Crippen molar-refractivity contribution in [3.8, 4) is 11.5 Å². The highest BCUT2D eigenvalue weighted by atomic mass is 32.2. The van der Waals surface area contributed by atoms with Gasteiger partial charge in [-0.3, -0.25) is 0 Å². The summed E-state index contributed by atoms with van der Waals surface area (Å²) in [6, 6.07) is 4.10. The smallest absolute Gasteiger partial charge is 0.161 e. The molecular formula is C14H23NO3S. The third kappa shape index (κ3) is 4.30. The summed E-state index contributed by atoms with van der Waals surface area (Å²) in [7, 11) is 3.27. The number of methoxy groups -OCH3 is 2. The van der Waals surface area contributed by atoms with Crippen molar-refractivity contribution < 1.29 is 14.6 Å². The van der Waals surface area contributed by atoms with Crippen molar-refractivity contribution in [2.45, 2.75) is 30.8 Å². The molecule has 0 aliphatic heterocycles. The topological polar surface area (TPSA) is 50.7 Å². The maximum Gasteiger partial charge on any atom is 0.161 e. The highest BCUT2D eigenvalue weighted by molar-refractivity contribution is 7.98. The van der Waals surface area contributed by atoms with Gasteiger partial charge in [0, 0.05) is 17.5 Å². The minimum Gasteiger partial charge on any atom is -0.493 e. The van der Waals surface area contributed by atoms with Gasteiger partial charge >= 0.3 is 0 Å². The first-order valence-corrected chi connectivity index (χ1v) is 7.55. The van der Waals surface area contributed by atoms with Crippen LogP contribution in [0, 0.1) is 0 Å². The molecule has 19 heavy (non-hydrogen) atoms. The van der Waals surface area contributed by atoms with Gasteiger partial charge in [-0.1, -0.05) is 6.92 Å². The molecule has 0 fully saturated rings. The second kappa shape index (κ2) is 8.30. The van der Waals surface area contributed by atoms with E-state index < -0.39 is 0 Å². The number of aliphatic hydroxyl groups is 1. The van der Waals surface area contributed by atoms with Crippen LogP contribution in [0.4, 0.5) is 0 Å². The average molecular weight is 285 g/mol. The predicted octanol–water partition coefficient (Wildman–Crippen LogP) is 2.29. The number of benzene rings is 1. The van der Waals surface area contributed by atoms with Gasteiger partial charge in [-0.05, 0) is 30.4 Å². The van der Waals surface area contributed by atoms with E-state index in [2.05, 4.69) is 12.2 Å². The molecule has 0 bridgehead atoms. The van der Waals surface area contributed by atoms with E-state index in [-0.39, 0.29) is 12.6 Å². The van der Waals surface area contributed by atoms with Gasteiger partial charge in [0.2, 0.25) is 0 Å². The Balaban J connectivity index is 2.92. The van der Waals surface area contributed by atoms with Crippen LogP contribution in [0.25, 0.3) is 0 Å². The molecule has 0 saturated heterocycles. The Morgan fingerprint density at radius 2 is 1.89 bits per heavy atom. The van der Waals surface area contributed by atoms with Crippen LogP contribution in [-0.4, -0.2) is 38.2 Å². The first-order valence-electron chi connectivity index (χ1n) is 6.33. The van der Waals surface area contributed by atoms with Crippen molar-refractivity contribution in [1.82, 2.24) is 5.32 Å². The molecular weight excluding hydrogens is 262 g/mol. The summed E-state index contributed by atoms with van der Waals surface area (Å²) < 4.78 is 10.6. The largest absolute Gasteiger partial charge is 0.493 e. The Labute approximate surface area is 119 Å². The van der Waals surface area contributed by atoms with E-state index >= 15 is 0 Å². The molecule has 5 heteroatoms. The van der Waals surface area contributed by atoms with Crippen molar-refractivity contribution in [2.24, 2.45) is 0 Å². The molecule has 1 rings (SSSR count). The molecule has 0 saturated carbocycles.